The predicted molar refractivity (Wildman–Crippen MR) is 71.8 cm³/mol. The molecule has 1 aliphatic heterocycles. The average molecular weight is 264 g/mol. The highest BCUT2D eigenvalue weighted by Gasteiger charge is 2.21. The Morgan fingerprint density at radius 2 is 2.26 bits per heavy atom. The van der Waals surface area contributed by atoms with Crippen molar-refractivity contribution in [3.8, 4) is 11.5 Å². The first kappa shape index (κ1) is 13.7. The van der Waals surface area contributed by atoms with Gasteiger partial charge in [-0.15, -0.1) is 0 Å². The Hall–Kier alpha value is -1.75. The van der Waals surface area contributed by atoms with Crippen LogP contribution in [0.4, 0.5) is 0 Å². The molecule has 0 saturated carbocycles. The molecule has 1 aromatic carbocycles. The summed E-state index contributed by atoms with van der Waals surface area (Å²) in [4.78, 5) is 11.9. The van der Waals surface area contributed by atoms with Crippen LogP contribution in [0.3, 0.4) is 0 Å². The zero-order valence-electron chi connectivity index (χ0n) is 11.3. The summed E-state index contributed by atoms with van der Waals surface area (Å²) in [7, 11) is 0. The first-order chi connectivity index (χ1) is 9.13. The number of ether oxygens (including phenoxy) is 2. The molecular formula is C14H20N2O3. The molecule has 5 heteroatoms. The third-order valence-corrected chi connectivity index (χ3v) is 3.49. The molecule has 1 heterocycles. The Bertz CT molecular complexity index is 462. The molecule has 0 fully saturated rings. The predicted octanol–water partition coefficient (Wildman–Crippen LogP) is 1.40. The van der Waals surface area contributed by atoms with Crippen molar-refractivity contribution in [2.45, 2.75) is 32.9 Å². The Labute approximate surface area is 113 Å². The maximum absolute atomic E-state index is 11.9. The number of amides is 1. The number of para-hydroxylation sites is 1. The van der Waals surface area contributed by atoms with E-state index < -0.39 is 6.04 Å². The van der Waals surface area contributed by atoms with Gasteiger partial charge in [0.15, 0.2) is 11.5 Å². The van der Waals surface area contributed by atoms with Gasteiger partial charge < -0.3 is 20.5 Å². The third-order valence-electron chi connectivity index (χ3n) is 3.49. The minimum absolute atomic E-state index is 0.133. The number of carbonyl (C=O) groups excluding carboxylic acids is 1. The summed E-state index contributed by atoms with van der Waals surface area (Å²) in [6.07, 6.45) is 0.881. The molecule has 1 aromatic rings. The molecule has 1 amide bonds. The summed E-state index contributed by atoms with van der Waals surface area (Å²) in [6, 6.07) is 5.16. The number of carbonyl (C=O) groups is 1. The van der Waals surface area contributed by atoms with Gasteiger partial charge in [-0.05, 0) is 12.0 Å². The van der Waals surface area contributed by atoms with Crippen LogP contribution in [-0.4, -0.2) is 18.7 Å². The fraction of sp³-hybridized carbons (Fsp3) is 0.500. The van der Waals surface area contributed by atoms with Gasteiger partial charge in [-0.25, -0.2) is 0 Å². The Balaban J connectivity index is 1.96. The SMILES string of the molecule is CCC(C)C(N)C(=O)NCc1cccc2c1OCO2. The molecule has 0 saturated heterocycles. The highest BCUT2D eigenvalue weighted by molar-refractivity contribution is 5.81. The van der Waals surface area contributed by atoms with E-state index in [2.05, 4.69) is 5.32 Å². The highest BCUT2D eigenvalue weighted by Crippen LogP contribution is 2.35. The van der Waals surface area contributed by atoms with E-state index in [0.717, 1.165) is 17.7 Å². The van der Waals surface area contributed by atoms with Crippen molar-refractivity contribution in [3.05, 3.63) is 23.8 Å². The summed E-state index contributed by atoms with van der Waals surface area (Å²) in [5.74, 6) is 1.46. The molecule has 2 atom stereocenters. The van der Waals surface area contributed by atoms with Crippen molar-refractivity contribution < 1.29 is 14.3 Å². The summed E-state index contributed by atoms with van der Waals surface area (Å²) in [6.45, 7) is 4.62. The van der Waals surface area contributed by atoms with Crippen molar-refractivity contribution in [3.63, 3.8) is 0 Å². The number of nitrogens with two attached hydrogens (primary N) is 1. The van der Waals surface area contributed by atoms with Crippen molar-refractivity contribution in [2.24, 2.45) is 11.7 Å². The lowest BCUT2D eigenvalue weighted by Crippen LogP contribution is -2.44. The average Bonchev–Trinajstić information content (AvgIpc) is 2.91. The number of fused-ring (bicyclic) bond motifs is 1. The van der Waals surface area contributed by atoms with Crippen LogP contribution >= 0.6 is 0 Å². The minimum Gasteiger partial charge on any atom is -0.454 e. The van der Waals surface area contributed by atoms with Gasteiger partial charge in [0.1, 0.15) is 0 Å². The van der Waals surface area contributed by atoms with E-state index in [-0.39, 0.29) is 18.6 Å². The lowest BCUT2D eigenvalue weighted by atomic mass is 9.99. The van der Waals surface area contributed by atoms with Crippen LogP contribution in [-0.2, 0) is 11.3 Å². The van der Waals surface area contributed by atoms with E-state index in [9.17, 15) is 4.79 Å². The van der Waals surface area contributed by atoms with Gasteiger partial charge >= 0.3 is 0 Å². The normalized spacial score (nSPS) is 15.9. The number of rotatable bonds is 5. The van der Waals surface area contributed by atoms with Crippen LogP contribution in [0.25, 0.3) is 0 Å². The molecule has 104 valence electrons. The van der Waals surface area contributed by atoms with Crippen LogP contribution < -0.4 is 20.5 Å². The Morgan fingerprint density at radius 3 is 3.00 bits per heavy atom. The molecule has 5 nitrogen and oxygen atoms in total. The monoisotopic (exact) mass is 264 g/mol. The van der Waals surface area contributed by atoms with E-state index in [0.29, 0.717) is 12.3 Å². The van der Waals surface area contributed by atoms with Crippen molar-refractivity contribution >= 4 is 5.91 Å². The third kappa shape index (κ3) is 2.98. The molecule has 2 rings (SSSR count). The second-order valence-electron chi connectivity index (χ2n) is 4.78. The molecule has 2 unspecified atom stereocenters. The van der Waals surface area contributed by atoms with Gasteiger partial charge in [0.2, 0.25) is 12.7 Å². The van der Waals surface area contributed by atoms with E-state index in [4.69, 9.17) is 15.2 Å². The molecule has 1 aliphatic rings. The van der Waals surface area contributed by atoms with Crippen LogP contribution in [0.1, 0.15) is 25.8 Å². The molecule has 0 radical (unpaired) electrons. The van der Waals surface area contributed by atoms with Gasteiger partial charge in [0.05, 0.1) is 6.04 Å². The van der Waals surface area contributed by atoms with Gasteiger partial charge in [-0.1, -0.05) is 32.4 Å². The number of hydrogen-bond acceptors (Lipinski definition) is 4. The quantitative estimate of drug-likeness (QED) is 0.843. The van der Waals surface area contributed by atoms with Crippen molar-refractivity contribution in [2.75, 3.05) is 6.79 Å². The maximum atomic E-state index is 11.9. The second kappa shape index (κ2) is 5.93. The van der Waals surface area contributed by atoms with Gasteiger partial charge in [0, 0.05) is 12.1 Å². The van der Waals surface area contributed by atoms with Crippen LogP contribution in [0, 0.1) is 5.92 Å². The molecule has 3 N–H and O–H groups in total. The van der Waals surface area contributed by atoms with Gasteiger partial charge in [-0.3, -0.25) is 4.79 Å². The minimum atomic E-state index is -0.473. The number of hydrogen-bond donors (Lipinski definition) is 2. The first-order valence-corrected chi connectivity index (χ1v) is 6.54. The van der Waals surface area contributed by atoms with Gasteiger partial charge in [0.25, 0.3) is 0 Å². The molecule has 0 spiro atoms. The lowest BCUT2D eigenvalue weighted by Gasteiger charge is -2.18. The number of benzene rings is 1. The Morgan fingerprint density at radius 1 is 1.47 bits per heavy atom. The maximum Gasteiger partial charge on any atom is 0.237 e. The molecule has 0 bridgehead atoms. The topological polar surface area (TPSA) is 73.6 Å². The zero-order chi connectivity index (χ0) is 13.8. The van der Waals surface area contributed by atoms with E-state index >= 15 is 0 Å². The van der Waals surface area contributed by atoms with Crippen molar-refractivity contribution in [1.29, 1.82) is 0 Å². The summed E-state index contributed by atoms with van der Waals surface area (Å²) < 4.78 is 10.7. The van der Waals surface area contributed by atoms with E-state index in [1.165, 1.54) is 0 Å². The van der Waals surface area contributed by atoms with Crippen LogP contribution in [0.2, 0.25) is 0 Å². The van der Waals surface area contributed by atoms with E-state index in [1.807, 2.05) is 32.0 Å². The second-order valence-corrected chi connectivity index (χ2v) is 4.78. The lowest BCUT2D eigenvalue weighted by molar-refractivity contribution is -0.123. The summed E-state index contributed by atoms with van der Waals surface area (Å²) >= 11 is 0. The van der Waals surface area contributed by atoms with Crippen LogP contribution in [0.15, 0.2) is 18.2 Å². The molecule has 19 heavy (non-hydrogen) atoms. The fourth-order valence-electron chi connectivity index (χ4n) is 1.94. The molecule has 0 aromatic heterocycles. The van der Waals surface area contributed by atoms with E-state index in [1.54, 1.807) is 0 Å². The zero-order valence-corrected chi connectivity index (χ0v) is 11.3. The standard InChI is InChI=1S/C14H20N2O3/c1-3-9(2)12(15)14(17)16-7-10-5-4-6-11-13(10)19-8-18-11/h4-6,9,12H,3,7-8,15H2,1-2H3,(H,16,17). The smallest absolute Gasteiger partial charge is 0.237 e. The summed E-state index contributed by atoms with van der Waals surface area (Å²) in [5, 5.41) is 2.84. The van der Waals surface area contributed by atoms with Gasteiger partial charge in [-0.2, -0.15) is 0 Å². The summed E-state index contributed by atoms with van der Waals surface area (Å²) in [5.41, 5.74) is 6.78. The molecular weight excluding hydrogens is 244 g/mol. The largest absolute Gasteiger partial charge is 0.454 e. The highest BCUT2D eigenvalue weighted by atomic mass is 16.7. The first-order valence-electron chi connectivity index (χ1n) is 6.54. The van der Waals surface area contributed by atoms with Crippen LogP contribution in [0.5, 0.6) is 11.5 Å². The Kier molecular flexibility index (Phi) is 4.27. The van der Waals surface area contributed by atoms with Crippen molar-refractivity contribution in [1.82, 2.24) is 5.32 Å². The molecule has 0 aliphatic carbocycles. The number of nitrogens with one attached hydrogen (secondary N) is 1. The fourth-order valence-corrected chi connectivity index (χ4v) is 1.94.